The minimum absolute atomic E-state index is 0.0397. The Morgan fingerprint density at radius 2 is 1.79 bits per heavy atom. The van der Waals surface area contributed by atoms with E-state index in [-0.39, 0.29) is 11.2 Å². The Labute approximate surface area is 206 Å². The largest absolute Gasteiger partial charge is 0.322 e. The van der Waals surface area contributed by atoms with Gasteiger partial charge in [0.1, 0.15) is 5.15 Å². The number of anilines is 1. The van der Waals surface area contributed by atoms with Gasteiger partial charge in [0, 0.05) is 38.5 Å². The number of nitrogens with zero attached hydrogens (tertiary/aromatic N) is 2. The molecule has 5 rings (SSSR count). The molecular formula is C27H21ClN4OS. The van der Waals surface area contributed by atoms with E-state index >= 15 is 0 Å². The molecule has 1 atom stereocenters. The van der Waals surface area contributed by atoms with Gasteiger partial charge in [-0.25, -0.2) is 0 Å². The summed E-state index contributed by atoms with van der Waals surface area (Å²) in [5, 5.41) is 11.8. The smallest absolute Gasteiger partial charge is 0.256 e. The normalized spacial score (nSPS) is 11.9. The van der Waals surface area contributed by atoms with Crippen molar-refractivity contribution >= 4 is 45.9 Å². The predicted octanol–water partition coefficient (Wildman–Crippen LogP) is 7.38. The number of rotatable bonds is 6. The molecule has 5 aromatic rings. The SMILES string of the molecule is CC(Sc1ccccc1C(=O)Nc1ccc2ncccc2c1)c1c(-c2ccccc2)n[nH]c1Cl. The van der Waals surface area contributed by atoms with Crippen LogP contribution in [-0.2, 0) is 0 Å². The lowest BCUT2D eigenvalue weighted by Gasteiger charge is -2.15. The van der Waals surface area contributed by atoms with Crippen molar-refractivity contribution in [3.8, 4) is 11.3 Å². The summed E-state index contributed by atoms with van der Waals surface area (Å²) < 4.78 is 0. The van der Waals surface area contributed by atoms with Crippen LogP contribution in [-0.4, -0.2) is 21.1 Å². The summed E-state index contributed by atoms with van der Waals surface area (Å²) in [7, 11) is 0. The van der Waals surface area contributed by atoms with Crippen molar-refractivity contribution in [3.05, 3.63) is 107 Å². The lowest BCUT2D eigenvalue weighted by molar-refractivity contribution is 0.102. The number of hydrogen-bond acceptors (Lipinski definition) is 4. The second-order valence-corrected chi connectivity index (χ2v) is 9.55. The van der Waals surface area contributed by atoms with Gasteiger partial charge in [-0.05, 0) is 43.3 Å². The molecule has 0 aliphatic rings. The zero-order valence-corrected chi connectivity index (χ0v) is 19.9. The number of thioether (sulfide) groups is 1. The summed E-state index contributed by atoms with van der Waals surface area (Å²) in [5.74, 6) is -0.167. The van der Waals surface area contributed by atoms with E-state index in [0.717, 1.165) is 38.3 Å². The minimum atomic E-state index is -0.167. The third-order valence-corrected chi connectivity index (χ3v) is 6.99. The molecule has 5 nitrogen and oxygen atoms in total. The molecule has 7 heteroatoms. The fraction of sp³-hybridized carbons (Fsp3) is 0.0741. The van der Waals surface area contributed by atoms with E-state index in [1.54, 1.807) is 18.0 Å². The molecule has 0 radical (unpaired) electrons. The Morgan fingerprint density at radius 1 is 1.00 bits per heavy atom. The number of amides is 1. The number of carbonyl (C=O) groups is 1. The zero-order chi connectivity index (χ0) is 23.5. The van der Waals surface area contributed by atoms with Crippen molar-refractivity contribution in [3.63, 3.8) is 0 Å². The van der Waals surface area contributed by atoms with Crippen molar-refractivity contribution in [2.75, 3.05) is 5.32 Å². The van der Waals surface area contributed by atoms with Crippen LogP contribution in [0.3, 0.4) is 0 Å². The number of fused-ring (bicyclic) bond motifs is 1. The number of benzene rings is 3. The van der Waals surface area contributed by atoms with Crippen molar-refractivity contribution in [2.45, 2.75) is 17.1 Å². The average molecular weight is 485 g/mol. The highest BCUT2D eigenvalue weighted by molar-refractivity contribution is 7.99. The van der Waals surface area contributed by atoms with E-state index in [9.17, 15) is 4.79 Å². The van der Waals surface area contributed by atoms with Crippen LogP contribution >= 0.6 is 23.4 Å². The zero-order valence-electron chi connectivity index (χ0n) is 18.3. The first-order valence-corrected chi connectivity index (χ1v) is 12.1. The van der Waals surface area contributed by atoms with Gasteiger partial charge in [-0.1, -0.05) is 60.1 Å². The molecule has 0 saturated carbocycles. The minimum Gasteiger partial charge on any atom is -0.322 e. The number of halogens is 1. The number of aromatic nitrogens is 3. The molecule has 2 N–H and O–H groups in total. The Balaban J connectivity index is 1.40. The van der Waals surface area contributed by atoms with Crippen LogP contribution < -0.4 is 5.32 Å². The quantitative estimate of drug-likeness (QED) is 0.246. The molecule has 34 heavy (non-hydrogen) atoms. The van der Waals surface area contributed by atoms with Gasteiger partial charge in [0.25, 0.3) is 5.91 Å². The van der Waals surface area contributed by atoms with Crippen molar-refractivity contribution < 1.29 is 4.79 Å². The summed E-state index contributed by atoms with van der Waals surface area (Å²) in [4.78, 5) is 18.4. The Kier molecular flexibility index (Phi) is 6.34. The maximum absolute atomic E-state index is 13.2. The van der Waals surface area contributed by atoms with Gasteiger partial charge in [-0.15, -0.1) is 11.8 Å². The fourth-order valence-corrected chi connectivity index (χ4v) is 5.41. The van der Waals surface area contributed by atoms with Gasteiger partial charge in [0.2, 0.25) is 0 Å². The van der Waals surface area contributed by atoms with E-state index < -0.39 is 0 Å². The van der Waals surface area contributed by atoms with Crippen LogP contribution in [0.1, 0.15) is 28.1 Å². The number of aromatic amines is 1. The van der Waals surface area contributed by atoms with Crippen LogP contribution in [0.2, 0.25) is 5.15 Å². The molecule has 2 heterocycles. The molecule has 0 aliphatic heterocycles. The maximum atomic E-state index is 13.2. The van der Waals surface area contributed by atoms with E-state index in [0.29, 0.717) is 10.7 Å². The lowest BCUT2D eigenvalue weighted by atomic mass is 10.1. The van der Waals surface area contributed by atoms with E-state index in [1.807, 2.05) is 84.9 Å². The van der Waals surface area contributed by atoms with Gasteiger partial charge in [-0.3, -0.25) is 14.9 Å². The summed E-state index contributed by atoms with van der Waals surface area (Å²) in [6.45, 7) is 2.07. The second-order valence-electron chi connectivity index (χ2n) is 7.79. The standard InChI is InChI=1S/C27H21ClN4OS/c1-17(24-25(31-32-26(24)28)18-8-3-2-4-9-18)34-23-12-6-5-11-21(23)27(33)30-20-13-14-22-19(16-20)10-7-15-29-22/h2-17H,1H3,(H,30,33)(H,31,32). The second kappa shape index (κ2) is 9.71. The summed E-state index contributed by atoms with van der Waals surface area (Å²) in [6.07, 6.45) is 1.75. The Bertz CT molecular complexity index is 1470. The van der Waals surface area contributed by atoms with Crippen molar-refractivity contribution in [1.29, 1.82) is 0 Å². The van der Waals surface area contributed by atoms with Crippen LogP contribution in [0.4, 0.5) is 5.69 Å². The molecule has 1 unspecified atom stereocenters. The van der Waals surface area contributed by atoms with Gasteiger partial charge < -0.3 is 5.32 Å². The topological polar surface area (TPSA) is 70.7 Å². The van der Waals surface area contributed by atoms with E-state index in [1.165, 1.54) is 0 Å². The highest BCUT2D eigenvalue weighted by Gasteiger charge is 2.22. The lowest BCUT2D eigenvalue weighted by Crippen LogP contribution is -2.13. The fourth-order valence-electron chi connectivity index (χ4n) is 3.87. The predicted molar refractivity (Wildman–Crippen MR) is 139 cm³/mol. The Hall–Kier alpha value is -3.61. The number of carbonyl (C=O) groups excluding carboxylic acids is 1. The summed E-state index contributed by atoms with van der Waals surface area (Å²) >= 11 is 8.07. The highest BCUT2D eigenvalue weighted by atomic mass is 35.5. The molecule has 3 aromatic carbocycles. The first-order valence-electron chi connectivity index (χ1n) is 10.8. The number of hydrogen-bond donors (Lipinski definition) is 2. The molecule has 1 amide bonds. The average Bonchev–Trinajstić information content (AvgIpc) is 3.26. The first kappa shape index (κ1) is 22.2. The van der Waals surface area contributed by atoms with E-state index in [2.05, 4.69) is 27.4 Å². The molecule has 0 spiro atoms. The van der Waals surface area contributed by atoms with Crippen molar-refractivity contribution in [2.24, 2.45) is 0 Å². The first-order chi connectivity index (χ1) is 16.6. The molecular weight excluding hydrogens is 464 g/mol. The molecule has 0 saturated heterocycles. The molecule has 2 aromatic heterocycles. The van der Waals surface area contributed by atoms with Gasteiger partial charge >= 0.3 is 0 Å². The number of nitrogens with one attached hydrogen (secondary N) is 2. The monoisotopic (exact) mass is 484 g/mol. The highest BCUT2D eigenvalue weighted by Crippen LogP contribution is 2.43. The molecule has 0 aliphatic carbocycles. The van der Waals surface area contributed by atoms with Crippen LogP contribution in [0, 0.1) is 0 Å². The molecule has 0 bridgehead atoms. The number of H-pyrrole nitrogens is 1. The summed E-state index contributed by atoms with van der Waals surface area (Å²) in [6, 6.07) is 27.1. The van der Waals surface area contributed by atoms with Crippen LogP contribution in [0.15, 0.2) is 96.0 Å². The third-order valence-electron chi connectivity index (χ3n) is 5.51. The maximum Gasteiger partial charge on any atom is 0.256 e. The number of pyridine rings is 1. The van der Waals surface area contributed by atoms with Gasteiger partial charge in [-0.2, -0.15) is 5.10 Å². The molecule has 168 valence electrons. The summed E-state index contributed by atoms with van der Waals surface area (Å²) in [5.41, 5.74) is 4.93. The van der Waals surface area contributed by atoms with Crippen LogP contribution in [0.25, 0.3) is 22.2 Å². The van der Waals surface area contributed by atoms with Crippen LogP contribution in [0.5, 0.6) is 0 Å². The Morgan fingerprint density at radius 3 is 2.65 bits per heavy atom. The van der Waals surface area contributed by atoms with E-state index in [4.69, 9.17) is 11.6 Å². The van der Waals surface area contributed by atoms with Gasteiger partial charge in [0.05, 0.1) is 16.8 Å². The van der Waals surface area contributed by atoms with Crippen molar-refractivity contribution in [1.82, 2.24) is 15.2 Å². The molecule has 0 fully saturated rings. The van der Waals surface area contributed by atoms with Gasteiger partial charge in [0.15, 0.2) is 0 Å². The third kappa shape index (κ3) is 4.55.